The molecular weight excluding hydrogens is 379 g/mol. The summed E-state index contributed by atoms with van der Waals surface area (Å²) in [6.45, 7) is 0. The van der Waals surface area contributed by atoms with E-state index in [1.165, 1.54) is 0 Å². The number of hydrogen-bond acceptors (Lipinski definition) is 7. The second kappa shape index (κ2) is 9.44. The molecule has 11 heteroatoms. The number of carbonyl (C=O) groups is 4. The highest BCUT2D eigenvalue weighted by Gasteiger charge is 2.21. The Labute approximate surface area is 152 Å². The van der Waals surface area contributed by atoms with E-state index in [1.54, 1.807) is 0 Å². The van der Waals surface area contributed by atoms with Crippen LogP contribution in [-0.4, -0.2) is 35.8 Å². The number of benzene rings is 1. The lowest BCUT2D eigenvalue weighted by molar-refractivity contribution is -0.991. The first-order chi connectivity index (χ1) is 11.6. The molecule has 0 aliphatic carbocycles. The number of amides is 1. The highest BCUT2D eigenvalue weighted by molar-refractivity contribution is 6.46. The van der Waals surface area contributed by atoms with Crippen LogP contribution in [0, 0.1) is 5.21 Å². The van der Waals surface area contributed by atoms with Gasteiger partial charge in [0.25, 0.3) is 5.91 Å². The van der Waals surface area contributed by atoms with E-state index in [9.17, 15) is 24.4 Å². The van der Waals surface area contributed by atoms with Crippen molar-refractivity contribution in [2.45, 2.75) is 19.3 Å². The molecule has 0 aliphatic heterocycles. The maximum Gasteiger partial charge on any atom is 0.305 e. The Kier molecular flexibility index (Phi) is 7.94. The maximum absolute atomic E-state index is 11.8. The van der Waals surface area contributed by atoms with Crippen LogP contribution in [0.2, 0.25) is 10.0 Å². The van der Waals surface area contributed by atoms with Gasteiger partial charge in [-0.1, -0.05) is 23.2 Å². The molecule has 25 heavy (non-hydrogen) atoms. The van der Waals surface area contributed by atoms with Gasteiger partial charge in [0.05, 0.1) is 35.7 Å². The first kappa shape index (κ1) is 21.0. The van der Waals surface area contributed by atoms with E-state index in [0.29, 0.717) is 0 Å². The van der Waals surface area contributed by atoms with Crippen molar-refractivity contribution in [2.24, 2.45) is 0 Å². The summed E-state index contributed by atoms with van der Waals surface area (Å²) in [6.07, 6.45) is -1.13. The molecule has 0 spiro atoms. The minimum atomic E-state index is -1.27. The van der Waals surface area contributed by atoms with Gasteiger partial charge in [-0.05, 0) is 0 Å². The molecule has 3 N–H and O–H groups in total. The van der Waals surface area contributed by atoms with Crippen molar-refractivity contribution in [3.05, 3.63) is 27.4 Å². The fraction of sp³-hybridized carbons (Fsp3) is 0.286. The topological polar surface area (TPSA) is 137 Å². The molecule has 1 atom stereocenters. The lowest BCUT2D eigenvalue weighted by Gasteiger charge is -2.14. The van der Waals surface area contributed by atoms with Crippen LogP contribution in [0.3, 0.4) is 0 Å². The van der Waals surface area contributed by atoms with E-state index in [2.05, 4.69) is 10.1 Å². The lowest BCUT2D eigenvalue weighted by atomic mass is 10.1. The van der Waals surface area contributed by atoms with Gasteiger partial charge in [0.1, 0.15) is 5.78 Å². The van der Waals surface area contributed by atoms with E-state index in [4.69, 9.17) is 28.4 Å². The summed E-state index contributed by atoms with van der Waals surface area (Å²) in [4.78, 5) is 46.0. The summed E-state index contributed by atoms with van der Waals surface area (Å²) in [5.74, 6) is -3.41. The molecule has 0 saturated heterocycles. The van der Waals surface area contributed by atoms with E-state index in [-0.39, 0.29) is 34.3 Å². The third-order valence-corrected chi connectivity index (χ3v) is 3.57. The van der Waals surface area contributed by atoms with Crippen LogP contribution in [0.4, 0.5) is 11.4 Å². The van der Waals surface area contributed by atoms with Crippen molar-refractivity contribution in [1.82, 2.24) is 0 Å². The van der Waals surface area contributed by atoms with Crippen molar-refractivity contribution in [3.63, 3.8) is 0 Å². The maximum atomic E-state index is 11.8. The Balaban J connectivity index is 2.71. The minimum Gasteiger partial charge on any atom is -0.595 e. The summed E-state index contributed by atoms with van der Waals surface area (Å²) in [5, 5.41) is 20.3. The smallest absolute Gasteiger partial charge is 0.305 e. The van der Waals surface area contributed by atoms with Gasteiger partial charge in [-0.3, -0.25) is 19.2 Å². The van der Waals surface area contributed by atoms with Crippen LogP contribution in [0.25, 0.3) is 0 Å². The van der Waals surface area contributed by atoms with Crippen LogP contribution in [-0.2, 0) is 23.9 Å². The highest BCUT2D eigenvalue weighted by atomic mass is 35.5. The van der Waals surface area contributed by atoms with Crippen molar-refractivity contribution in [1.29, 1.82) is 0 Å². The first-order valence-electron chi connectivity index (χ1n) is 6.80. The average molecular weight is 393 g/mol. The number of halogens is 2. The van der Waals surface area contributed by atoms with Crippen molar-refractivity contribution >= 4 is 58.0 Å². The number of nitrogens with one attached hydrogen (secondary N) is 2. The van der Waals surface area contributed by atoms with E-state index in [1.807, 2.05) is 0 Å². The molecule has 0 aliphatic rings. The van der Waals surface area contributed by atoms with Crippen LogP contribution < -0.4 is 10.5 Å². The van der Waals surface area contributed by atoms with Gasteiger partial charge in [0.15, 0.2) is 5.69 Å². The number of ketones is 2. The van der Waals surface area contributed by atoms with Crippen LogP contribution >= 0.6 is 23.2 Å². The molecule has 0 bridgehead atoms. The number of ether oxygens (including phenoxy) is 1. The number of quaternary nitrogens is 1. The third kappa shape index (κ3) is 6.40. The molecule has 0 fully saturated rings. The number of hydrogen-bond donors (Lipinski definition) is 3. The van der Waals surface area contributed by atoms with E-state index in [0.717, 1.165) is 19.2 Å². The molecule has 136 valence electrons. The quantitative estimate of drug-likeness (QED) is 0.257. The van der Waals surface area contributed by atoms with Crippen LogP contribution in [0.5, 0.6) is 0 Å². The molecule has 0 aromatic heterocycles. The fourth-order valence-corrected chi connectivity index (χ4v) is 2.27. The molecule has 0 radical (unpaired) electrons. The highest BCUT2D eigenvalue weighted by Crippen LogP contribution is 2.32. The third-order valence-electron chi connectivity index (χ3n) is 2.97. The van der Waals surface area contributed by atoms with Gasteiger partial charge in [-0.25, -0.2) is 5.21 Å². The molecule has 0 saturated carbocycles. The molecule has 1 aromatic carbocycles. The van der Waals surface area contributed by atoms with Gasteiger partial charge >= 0.3 is 5.97 Å². The van der Waals surface area contributed by atoms with Gasteiger partial charge in [-0.15, -0.1) is 0 Å². The first-order valence-corrected chi connectivity index (χ1v) is 7.56. The summed E-state index contributed by atoms with van der Waals surface area (Å²) in [7, 11) is 1.16. The predicted molar refractivity (Wildman–Crippen MR) is 86.7 cm³/mol. The molecule has 1 amide bonds. The zero-order valence-electron chi connectivity index (χ0n) is 12.9. The van der Waals surface area contributed by atoms with Gasteiger partial charge < -0.3 is 15.3 Å². The van der Waals surface area contributed by atoms with Crippen molar-refractivity contribution in [2.75, 3.05) is 12.4 Å². The summed E-state index contributed by atoms with van der Waals surface area (Å²) in [5.41, 5.74) is -0.342. The lowest BCUT2D eigenvalue weighted by Crippen LogP contribution is -2.99. The Bertz CT molecular complexity index is 683. The predicted octanol–water partition coefficient (Wildman–Crippen LogP) is 0.817. The molecule has 1 aromatic rings. The van der Waals surface area contributed by atoms with Crippen molar-refractivity contribution < 1.29 is 34.3 Å². The number of anilines is 1. The summed E-state index contributed by atoms with van der Waals surface area (Å²) >= 11 is 11.7. The molecule has 9 nitrogen and oxygen atoms in total. The Hall–Kier alpha value is -2.04. The Morgan fingerprint density at radius 2 is 1.76 bits per heavy atom. The summed E-state index contributed by atoms with van der Waals surface area (Å²) in [6, 6.07) is 2.11. The Morgan fingerprint density at radius 1 is 1.20 bits per heavy atom. The zero-order valence-corrected chi connectivity index (χ0v) is 14.4. The van der Waals surface area contributed by atoms with Crippen LogP contribution in [0.15, 0.2) is 12.1 Å². The van der Waals surface area contributed by atoms with E-state index >= 15 is 0 Å². The second-order valence-electron chi connectivity index (χ2n) is 4.79. The zero-order chi connectivity index (χ0) is 19.1. The fourth-order valence-electron chi connectivity index (χ4n) is 1.69. The minimum absolute atomic E-state index is 0.145. The Morgan fingerprint density at radius 3 is 2.24 bits per heavy atom. The molecule has 0 heterocycles. The molecular formula is C14H14Cl2N2O7. The van der Waals surface area contributed by atoms with E-state index < -0.39 is 35.1 Å². The van der Waals surface area contributed by atoms with Gasteiger partial charge in [0, 0.05) is 18.6 Å². The molecule has 1 rings (SSSR count). The largest absolute Gasteiger partial charge is 0.595 e. The number of methoxy groups -OCH3 is 1. The normalized spacial score (nSPS) is 11.6. The number of Topliss-reactive ketones (excluding diaryl/α,β-unsaturated/α-hetero) is 2. The monoisotopic (exact) mass is 392 g/mol. The van der Waals surface area contributed by atoms with Crippen LogP contribution in [0.1, 0.15) is 19.3 Å². The number of rotatable bonds is 8. The van der Waals surface area contributed by atoms with Gasteiger partial charge in [0.2, 0.25) is 5.78 Å². The SMILES string of the molecule is COC(=O)CCC(=O)CC(=O)C(=O)Nc1c(Cl)cc([NH+]([O-])O)cc1Cl. The van der Waals surface area contributed by atoms with Gasteiger partial charge in [-0.2, -0.15) is 5.23 Å². The summed E-state index contributed by atoms with van der Waals surface area (Å²) < 4.78 is 4.36. The second-order valence-corrected chi connectivity index (χ2v) is 5.60. The number of carbonyl (C=O) groups excluding carboxylic acids is 4. The van der Waals surface area contributed by atoms with Crippen molar-refractivity contribution in [3.8, 4) is 0 Å². The standard InChI is InChI=1S/C14H14Cl2N2O7/c1-25-12(21)3-2-8(19)6-11(20)14(22)17-13-9(15)4-7(18(23)24)5-10(13)16/h4-5,18,23H,2-3,6H2,1H3,(H,17,22). The number of esters is 1. The average Bonchev–Trinajstić information content (AvgIpc) is 2.55. The molecule has 1 unspecified atom stereocenters.